The number of rotatable bonds is 6. The summed E-state index contributed by atoms with van der Waals surface area (Å²) in [7, 11) is 0. The highest BCUT2D eigenvalue weighted by atomic mass is 32.1. The number of aromatic nitrogens is 6. The number of H-pyrrole nitrogens is 2. The van der Waals surface area contributed by atoms with E-state index in [2.05, 4.69) is 59.0 Å². The molecule has 0 amide bonds. The third-order valence-corrected chi connectivity index (χ3v) is 8.33. The fourth-order valence-corrected chi connectivity index (χ4v) is 6.21. The smallest absolute Gasteiger partial charge is 0.155 e. The lowest BCUT2D eigenvalue weighted by atomic mass is 9.88. The first-order chi connectivity index (χ1) is 18.7. The van der Waals surface area contributed by atoms with Crippen LogP contribution in [0.4, 0.5) is 5.69 Å². The van der Waals surface area contributed by atoms with Gasteiger partial charge in [0.05, 0.1) is 28.1 Å². The van der Waals surface area contributed by atoms with Crippen LogP contribution in [0, 0.1) is 5.92 Å². The Morgan fingerprint density at radius 1 is 0.947 bits per heavy atom. The van der Waals surface area contributed by atoms with Gasteiger partial charge in [0.25, 0.3) is 0 Å². The van der Waals surface area contributed by atoms with E-state index in [1.165, 1.54) is 19.3 Å². The van der Waals surface area contributed by atoms with Crippen LogP contribution in [0.3, 0.4) is 0 Å². The molecule has 0 aromatic carbocycles. The second kappa shape index (κ2) is 9.66. The highest BCUT2D eigenvalue weighted by Gasteiger charge is 2.22. The molecule has 1 aliphatic carbocycles. The summed E-state index contributed by atoms with van der Waals surface area (Å²) in [5, 5.41) is 25.7. The number of thiophene rings is 1. The van der Waals surface area contributed by atoms with Gasteiger partial charge in [0.15, 0.2) is 5.65 Å². The van der Waals surface area contributed by atoms with Crippen molar-refractivity contribution in [2.45, 2.75) is 38.3 Å². The monoisotopic (exact) mass is 521 g/mol. The maximum Gasteiger partial charge on any atom is 0.155 e. The first-order valence-corrected chi connectivity index (χ1v) is 13.9. The van der Waals surface area contributed by atoms with Crippen molar-refractivity contribution in [3.63, 3.8) is 0 Å². The molecule has 1 fully saturated rings. The summed E-state index contributed by atoms with van der Waals surface area (Å²) in [5.41, 5.74) is 7.06. The molecule has 1 aliphatic rings. The van der Waals surface area contributed by atoms with E-state index in [4.69, 9.17) is 0 Å². The first kappa shape index (κ1) is 23.1. The Morgan fingerprint density at radius 2 is 1.84 bits per heavy atom. The molecular formula is C29H27N7OS. The zero-order chi connectivity index (χ0) is 25.5. The summed E-state index contributed by atoms with van der Waals surface area (Å²) in [6.07, 6.45) is 12.4. The minimum Gasteiger partial charge on any atom is -0.374 e. The van der Waals surface area contributed by atoms with E-state index in [1.807, 2.05) is 36.8 Å². The van der Waals surface area contributed by atoms with Crippen molar-refractivity contribution in [2.75, 3.05) is 5.32 Å². The zero-order valence-electron chi connectivity index (χ0n) is 20.7. The second-order valence-corrected chi connectivity index (χ2v) is 10.9. The van der Waals surface area contributed by atoms with Gasteiger partial charge in [-0.25, -0.2) is 4.98 Å². The van der Waals surface area contributed by atoms with Gasteiger partial charge in [0.2, 0.25) is 0 Å². The molecule has 0 radical (unpaired) electrons. The normalized spacial score (nSPS) is 15.3. The van der Waals surface area contributed by atoms with Gasteiger partial charge in [-0.2, -0.15) is 5.10 Å². The Kier molecular flexibility index (Phi) is 5.87. The SMILES string of the molecule is OC(Nc1cncc(-c2cnc3[nH]nc(-c4cc5c(-c6cccs6)nccc5[nH]4)c3c2)c1)C1CCCCC1. The Balaban J connectivity index is 1.22. The molecule has 6 aromatic heterocycles. The Labute approximate surface area is 223 Å². The molecule has 0 bridgehead atoms. The summed E-state index contributed by atoms with van der Waals surface area (Å²) < 4.78 is 0. The largest absolute Gasteiger partial charge is 0.374 e. The Hall–Kier alpha value is -4.08. The van der Waals surface area contributed by atoms with Crippen LogP contribution in [0.5, 0.6) is 0 Å². The molecule has 0 spiro atoms. The molecule has 190 valence electrons. The van der Waals surface area contributed by atoms with Crippen molar-refractivity contribution in [3.05, 3.63) is 66.6 Å². The lowest BCUT2D eigenvalue weighted by Gasteiger charge is -2.27. The van der Waals surface area contributed by atoms with Crippen LogP contribution in [-0.2, 0) is 0 Å². The van der Waals surface area contributed by atoms with Crippen LogP contribution in [-0.4, -0.2) is 41.5 Å². The van der Waals surface area contributed by atoms with E-state index in [1.54, 1.807) is 17.5 Å². The topological polar surface area (TPSA) is 115 Å². The molecule has 38 heavy (non-hydrogen) atoms. The third-order valence-electron chi connectivity index (χ3n) is 7.46. The van der Waals surface area contributed by atoms with Crippen LogP contribution in [0.2, 0.25) is 0 Å². The van der Waals surface area contributed by atoms with Crippen LogP contribution in [0.15, 0.2) is 66.6 Å². The van der Waals surface area contributed by atoms with Gasteiger partial charge in [0, 0.05) is 51.9 Å². The zero-order valence-corrected chi connectivity index (χ0v) is 21.5. The van der Waals surface area contributed by atoms with Gasteiger partial charge in [-0.3, -0.25) is 15.1 Å². The lowest BCUT2D eigenvalue weighted by Crippen LogP contribution is -2.30. The van der Waals surface area contributed by atoms with E-state index >= 15 is 0 Å². The number of fused-ring (bicyclic) bond motifs is 2. The van der Waals surface area contributed by atoms with E-state index in [0.29, 0.717) is 5.65 Å². The average molecular weight is 522 g/mol. The minimum atomic E-state index is -0.566. The molecule has 1 unspecified atom stereocenters. The average Bonchev–Trinajstić information content (AvgIpc) is 3.73. The molecule has 0 aliphatic heterocycles. The molecule has 6 heterocycles. The fraction of sp³-hybridized carbons (Fsp3) is 0.241. The first-order valence-electron chi connectivity index (χ1n) is 13.0. The number of nitrogens with zero attached hydrogens (tertiary/aromatic N) is 4. The van der Waals surface area contributed by atoms with Gasteiger partial charge in [-0.15, -0.1) is 11.3 Å². The number of anilines is 1. The van der Waals surface area contributed by atoms with E-state index in [9.17, 15) is 5.11 Å². The maximum atomic E-state index is 10.7. The van der Waals surface area contributed by atoms with Crippen molar-refractivity contribution in [1.29, 1.82) is 0 Å². The van der Waals surface area contributed by atoms with Crippen LogP contribution >= 0.6 is 11.3 Å². The van der Waals surface area contributed by atoms with Crippen molar-refractivity contribution >= 4 is 39.0 Å². The van der Waals surface area contributed by atoms with Crippen LogP contribution < -0.4 is 5.32 Å². The molecule has 9 heteroatoms. The number of hydrogen-bond acceptors (Lipinski definition) is 7. The fourth-order valence-electron chi connectivity index (χ4n) is 5.47. The van der Waals surface area contributed by atoms with Crippen molar-refractivity contribution in [3.8, 4) is 33.1 Å². The summed E-state index contributed by atoms with van der Waals surface area (Å²) >= 11 is 1.68. The van der Waals surface area contributed by atoms with Gasteiger partial charge in [-0.1, -0.05) is 25.3 Å². The van der Waals surface area contributed by atoms with Crippen molar-refractivity contribution < 1.29 is 5.11 Å². The molecule has 8 nitrogen and oxygen atoms in total. The van der Waals surface area contributed by atoms with Crippen molar-refractivity contribution in [1.82, 2.24) is 30.1 Å². The van der Waals surface area contributed by atoms with Gasteiger partial charge >= 0.3 is 0 Å². The molecular weight excluding hydrogens is 494 g/mol. The maximum absolute atomic E-state index is 10.7. The third kappa shape index (κ3) is 4.23. The summed E-state index contributed by atoms with van der Waals surface area (Å²) in [4.78, 5) is 18.4. The molecule has 0 saturated heterocycles. The predicted octanol–water partition coefficient (Wildman–Crippen LogP) is 6.60. The molecule has 1 atom stereocenters. The lowest BCUT2D eigenvalue weighted by molar-refractivity contribution is 0.109. The van der Waals surface area contributed by atoms with Crippen LogP contribution in [0.1, 0.15) is 32.1 Å². The quantitative estimate of drug-likeness (QED) is 0.184. The highest BCUT2D eigenvalue weighted by molar-refractivity contribution is 7.13. The second-order valence-electron chi connectivity index (χ2n) is 9.92. The summed E-state index contributed by atoms with van der Waals surface area (Å²) in [6.45, 7) is 0. The number of pyridine rings is 3. The number of hydrogen-bond donors (Lipinski definition) is 4. The Bertz CT molecular complexity index is 1720. The number of nitrogens with one attached hydrogen (secondary N) is 3. The van der Waals surface area contributed by atoms with E-state index in [-0.39, 0.29) is 5.92 Å². The number of aliphatic hydroxyl groups is 1. The molecule has 7 rings (SSSR count). The molecule has 6 aromatic rings. The summed E-state index contributed by atoms with van der Waals surface area (Å²) in [5.74, 6) is 0.283. The number of aliphatic hydroxyl groups excluding tert-OH is 1. The molecule has 1 saturated carbocycles. The summed E-state index contributed by atoms with van der Waals surface area (Å²) in [6, 6.07) is 12.3. The molecule has 4 N–H and O–H groups in total. The van der Waals surface area contributed by atoms with Crippen molar-refractivity contribution in [2.24, 2.45) is 5.92 Å². The van der Waals surface area contributed by atoms with E-state index in [0.717, 1.165) is 67.9 Å². The number of aromatic amines is 2. The van der Waals surface area contributed by atoms with Crippen LogP contribution in [0.25, 0.3) is 55.0 Å². The minimum absolute atomic E-state index is 0.283. The van der Waals surface area contributed by atoms with Gasteiger partial charge in [-0.05, 0) is 48.6 Å². The van der Waals surface area contributed by atoms with Gasteiger partial charge < -0.3 is 15.4 Å². The standard InChI is InChI=1S/C29H27N7OS/c37-29(17-5-2-1-3-6-17)33-20-11-18(14-30-16-20)19-12-22-26(35-36-28(22)32-15-19)24-13-21-23(34-24)8-9-31-27(21)25-7-4-10-38-25/h4,7-17,29,33-34,37H,1-3,5-6H2,(H,32,35,36). The Morgan fingerprint density at radius 3 is 2.71 bits per heavy atom. The highest BCUT2D eigenvalue weighted by Crippen LogP contribution is 2.35. The predicted molar refractivity (Wildman–Crippen MR) is 152 cm³/mol. The van der Waals surface area contributed by atoms with E-state index < -0.39 is 6.23 Å². The van der Waals surface area contributed by atoms with Gasteiger partial charge in [0.1, 0.15) is 11.9 Å².